The second-order valence-electron chi connectivity index (χ2n) is 6.97. The smallest absolute Gasteiger partial charge is 0.191 e. The predicted octanol–water partition coefficient (Wildman–Crippen LogP) is 4.16. The van der Waals surface area contributed by atoms with Crippen LogP contribution in [0.3, 0.4) is 0 Å². The lowest BCUT2D eigenvalue weighted by Crippen LogP contribution is -2.40. The van der Waals surface area contributed by atoms with Crippen molar-refractivity contribution in [2.24, 2.45) is 0 Å². The molecule has 0 bridgehead atoms. The minimum atomic E-state index is -2.19. The Morgan fingerprint density at radius 2 is 1.93 bits per heavy atom. The number of nitrogens with one attached hydrogen (secondary N) is 2. The van der Waals surface area contributed by atoms with E-state index in [1.165, 1.54) is 13.0 Å². The van der Waals surface area contributed by atoms with Gasteiger partial charge in [-0.1, -0.05) is 24.3 Å². The molecule has 7 heteroatoms. The van der Waals surface area contributed by atoms with Crippen LogP contribution in [0.4, 0.5) is 4.39 Å². The number of alkyl halides is 1. The van der Waals surface area contributed by atoms with Crippen LogP contribution in [0.2, 0.25) is 0 Å². The summed E-state index contributed by atoms with van der Waals surface area (Å²) in [7, 11) is 0. The first-order valence-corrected chi connectivity index (χ1v) is 9.19. The molecule has 0 fully saturated rings. The maximum Gasteiger partial charge on any atom is 0.191 e. The van der Waals surface area contributed by atoms with E-state index >= 15 is 4.39 Å². The second-order valence-corrected chi connectivity index (χ2v) is 6.97. The highest BCUT2D eigenvalue weighted by atomic mass is 19.1. The molecule has 30 heavy (non-hydrogen) atoms. The summed E-state index contributed by atoms with van der Waals surface area (Å²) < 4.78 is 16.8. The summed E-state index contributed by atoms with van der Waals surface area (Å²) in [6, 6.07) is 20.5. The fourth-order valence-corrected chi connectivity index (χ4v) is 3.20. The normalized spacial score (nSPS) is 12.8. The van der Waals surface area contributed by atoms with Gasteiger partial charge in [0.05, 0.1) is 22.8 Å². The van der Waals surface area contributed by atoms with Gasteiger partial charge in [-0.2, -0.15) is 15.0 Å². The monoisotopic (exact) mass is 396 g/mol. The zero-order valence-corrected chi connectivity index (χ0v) is 16.1. The number of hydrogen-bond acceptors (Lipinski definition) is 5. The first-order chi connectivity index (χ1) is 14.4. The average Bonchev–Trinajstić information content (AvgIpc) is 2.78. The van der Waals surface area contributed by atoms with Crippen molar-refractivity contribution < 1.29 is 4.39 Å². The van der Waals surface area contributed by atoms with Gasteiger partial charge in [0.2, 0.25) is 0 Å². The molecule has 146 valence electrons. The summed E-state index contributed by atoms with van der Waals surface area (Å²) in [4.78, 5) is 4.23. The van der Waals surface area contributed by atoms with Gasteiger partial charge in [-0.25, -0.2) is 4.39 Å². The summed E-state index contributed by atoms with van der Waals surface area (Å²) >= 11 is 0. The molecule has 2 aromatic heterocycles. The molecule has 2 heterocycles. The molecule has 0 aliphatic heterocycles. The molecule has 0 spiro atoms. The fourth-order valence-electron chi connectivity index (χ4n) is 3.20. The molecule has 0 aliphatic rings. The van der Waals surface area contributed by atoms with Crippen LogP contribution in [0.15, 0.2) is 72.9 Å². The van der Waals surface area contributed by atoms with Gasteiger partial charge in [-0.15, -0.1) is 0 Å². The third-order valence-corrected chi connectivity index (χ3v) is 4.92. The maximum absolute atomic E-state index is 15.8. The zero-order chi connectivity index (χ0) is 21.3. The van der Waals surface area contributed by atoms with E-state index in [0.717, 1.165) is 15.6 Å². The van der Waals surface area contributed by atoms with Gasteiger partial charge in [0, 0.05) is 17.1 Å². The molecule has 0 saturated carbocycles. The van der Waals surface area contributed by atoms with Gasteiger partial charge in [-0.05, 0) is 55.0 Å². The van der Waals surface area contributed by atoms with E-state index in [4.69, 9.17) is 16.1 Å². The third-order valence-electron chi connectivity index (χ3n) is 4.92. The summed E-state index contributed by atoms with van der Waals surface area (Å²) in [6.45, 7) is 1.28. The lowest BCUT2D eigenvalue weighted by molar-refractivity contribution is 0.280. The molecule has 0 aliphatic carbocycles. The lowest BCUT2D eigenvalue weighted by Gasteiger charge is -2.23. The largest absolute Gasteiger partial charge is 0.283 e. The molecule has 2 aromatic carbocycles. The standard InChI is InChI=1S/C23H17FN6/c1-23(24,18-7-8-19-17(13-18)6-3-11-28-19)22(27)30-21(26)10-9-20(29-30)16-5-2-4-15(12-16)14-25/h2-13,26-27H,1H3. The fraction of sp³-hybridized carbons (Fsp3) is 0.0870. The van der Waals surface area contributed by atoms with E-state index in [-0.39, 0.29) is 11.1 Å². The van der Waals surface area contributed by atoms with Gasteiger partial charge >= 0.3 is 0 Å². The van der Waals surface area contributed by atoms with Crippen molar-refractivity contribution in [3.63, 3.8) is 0 Å². The Morgan fingerprint density at radius 3 is 2.73 bits per heavy atom. The van der Waals surface area contributed by atoms with Crippen LogP contribution in [-0.2, 0) is 5.67 Å². The Hall–Kier alpha value is -4.18. The van der Waals surface area contributed by atoms with E-state index < -0.39 is 11.5 Å². The molecule has 0 amide bonds. The minimum absolute atomic E-state index is 0.119. The van der Waals surface area contributed by atoms with E-state index in [1.54, 1.807) is 60.8 Å². The van der Waals surface area contributed by atoms with E-state index in [0.29, 0.717) is 16.8 Å². The van der Waals surface area contributed by atoms with Crippen LogP contribution in [0, 0.1) is 22.1 Å². The Labute approximate surface area is 171 Å². The van der Waals surface area contributed by atoms with Crippen molar-refractivity contribution >= 4 is 16.7 Å². The van der Waals surface area contributed by atoms with Crippen LogP contribution < -0.4 is 5.49 Å². The maximum atomic E-state index is 15.8. The van der Waals surface area contributed by atoms with Crippen molar-refractivity contribution in [3.8, 4) is 17.3 Å². The minimum Gasteiger partial charge on any atom is -0.283 e. The van der Waals surface area contributed by atoms with Gasteiger partial charge in [0.15, 0.2) is 11.5 Å². The van der Waals surface area contributed by atoms with E-state index in [9.17, 15) is 0 Å². The van der Waals surface area contributed by atoms with Crippen LogP contribution in [-0.4, -0.2) is 20.6 Å². The number of hydrogen-bond donors (Lipinski definition) is 2. The molecule has 1 unspecified atom stereocenters. The van der Waals surface area contributed by atoms with Gasteiger partial charge < -0.3 is 0 Å². The van der Waals surface area contributed by atoms with E-state index in [1.807, 2.05) is 6.07 Å². The molecule has 0 saturated heterocycles. The number of pyridine rings is 1. The van der Waals surface area contributed by atoms with Crippen molar-refractivity contribution in [3.05, 3.63) is 89.5 Å². The number of halogens is 1. The molecule has 4 rings (SSSR count). The van der Waals surface area contributed by atoms with Crippen LogP contribution in [0.25, 0.3) is 22.2 Å². The third kappa shape index (κ3) is 3.35. The molecule has 1 atom stereocenters. The number of nitrogens with zero attached hydrogens (tertiary/aromatic N) is 4. The van der Waals surface area contributed by atoms with Crippen molar-refractivity contribution in [2.75, 3.05) is 0 Å². The number of rotatable bonds is 3. The Kier molecular flexibility index (Phi) is 4.68. The second kappa shape index (κ2) is 7.33. The number of fused-ring (bicyclic) bond motifs is 1. The quantitative estimate of drug-likeness (QED) is 0.401. The SMILES string of the molecule is CC(F)(C(=N)n1nc(-c2cccc(C#N)c2)ccc1=N)c1ccc2ncccc2c1. The topological polar surface area (TPSA) is 102 Å². The van der Waals surface area contributed by atoms with Crippen molar-refractivity contribution in [2.45, 2.75) is 12.6 Å². The number of nitriles is 1. The molecular weight excluding hydrogens is 379 g/mol. The highest BCUT2D eigenvalue weighted by Gasteiger charge is 2.34. The Balaban J connectivity index is 1.77. The van der Waals surface area contributed by atoms with Crippen LogP contribution >= 0.6 is 0 Å². The van der Waals surface area contributed by atoms with Crippen molar-refractivity contribution in [1.29, 1.82) is 16.1 Å². The summed E-state index contributed by atoms with van der Waals surface area (Å²) in [5.41, 5.74) is 0.246. The van der Waals surface area contributed by atoms with E-state index in [2.05, 4.69) is 16.2 Å². The average molecular weight is 396 g/mol. The summed E-state index contributed by atoms with van der Waals surface area (Å²) in [5, 5.41) is 30.8. The molecule has 6 nitrogen and oxygen atoms in total. The first-order valence-electron chi connectivity index (χ1n) is 9.19. The predicted molar refractivity (Wildman–Crippen MR) is 112 cm³/mol. The summed E-state index contributed by atoms with van der Waals surface area (Å²) in [6.07, 6.45) is 1.66. The highest BCUT2D eigenvalue weighted by Crippen LogP contribution is 2.29. The molecule has 0 radical (unpaired) electrons. The van der Waals surface area contributed by atoms with Gasteiger partial charge in [0.25, 0.3) is 0 Å². The highest BCUT2D eigenvalue weighted by molar-refractivity contribution is 5.91. The Bertz CT molecular complexity index is 1380. The zero-order valence-electron chi connectivity index (χ0n) is 16.1. The van der Waals surface area contributed by atoms with Crippen LogP contribution in [0.5, 0.6) is 0 Å². The Morgan fingerprint density at radius 1 is 1.10 bits per heavy atom. The van der Waals surface area contributed by atoms with Gasteiger partial charge in [-0.3, -0.25) is 15.8 Å². The van der Waals surface area contributed by atoms with Crippen molar-refractivity contribution in [1.82, 2.24) is 14.8 Å². The molecule has 4 aromatic rings. The van der Waals surface area contributed by atoms with Crippen LogP contribution in [0.1, 0.15) is 18.1 Å². The first kappa shape index (κ1) is 19.2. The number of aromatic nitrogens is 3. The lowest BCUT2D eigenvalue weighted by atomic mass is 9.95. The molecular formula is C23H17FN6. The summed E-state index contributed by atoms with van der Waals surface area (Å²) in [5.74, 6) is -0.478. The molecule has 2 N–H and O–H groups in total. The van der Waals surface area contributed by atoms with Gasteiger partial charge in [0.1, 0.15) is 5.49 Å². The number of benzene rings is 2.